The summed E-state index contributed by atoms with van der Waals surface area (Å²) in [6, 6.07) is 2.98. The molecule has 2 atom stereocenters. The molecule has 0 spiro atoms. The van der Waals surface area contributed by atoms with E-state index in [1.54, 1.807) is 23.0 Å². The molecular formula is C15H16Cl2FN3O. The molecule has 4 nitrogen and oxygen atoms in total. The first kappa shape index (κ1) is 15.7. The Hall–Kier alpha value is -1.14. The number of aliphatic hydroxyl groups is 1. The van der Waals surface area contributed by atoms with Crippen molar-refractivity contribution in [1.29, 1.82) is 0 Å². The summed E-state index contributed by atoms with van der Waals surface area (Å²) >= 11 is 11.9. The SMILES string of the molecule is O[C@H]1CCCN[C@@H]1/C=C(\F)Cn1cnc2cc(Cl)c(Cl)cc21. The third-order valence-corrected chi connectivity index (χ3v) is 4.54. The monoisotopic (exact) mass is 343 g/mol. The quantitative estimate of drug-likeness (QED) is 0.898. The van der Waals surface area contributed by atoms with Crippen LogP contribution in [0.1, 0.15) is 12.8 Å². The van der Waals surface area contributed by atoms with Crippen molar-refractivity contribution >= 4 is 34.2 Å². The summed E-state index contributed by atoms with van der Waals surface area (Å²) in [6.07, 6.45) is 4.03. The van der Waals surface area contributed by atoms with E-state index in [2.05, 4.69) is 10.3 Å². The van der Waals surface area contributed by atoms with Crippen molar-refractivity contribution in [3.05, 3.63) is 40.4 Å². The number of aliphatic hydroxyl groups excluding tert-OH is 1. The molecule has 0 amide bonds. The predicted molar refractivity (Wildman–Crippen MR) is 86.0 cm³/mol. The predicted octanol–water partition coefficient (Wildman–Crippen LogP) is 3.31. The molecule has 1 aromatic carbocycles. The Balaban J connectivity index is 1.81. The third-order valence-electron chi connectivity index (χ3n) is 3.82. The fourth-order valence-corrected chi connectivity index (χ4v) is 2.97. The Morgan fingerprint density at radius 3 is 3.00 bits per heavy atom. The van der Waals surface area contributed by atoms with E-state index in [1.807, 2.05) is 0 Å². The zero-order valence-electron chi connectivity index (χ0n) is 11.8. The standard InChI is InChI=1S/C15H16Cl2FN3O/c16-10-5-12-14(6-11(10)17)21(8-20-12)7-9(18)4-13-15(22)2-1-3-19-13/h4-6,8,13,15,19,22H,1-3,7H2/b9-4-/t13-,15+/m1/s1. The number of nitrogens with zero attached hydrogens (tertiary/aromatic N) is 2. The number of imidazole rings is 1. The van der Waals surface area contributed by atoms with Crippen molar-refractivity contribution in [3.8, 4) is 0 Å². The molecule has 22 heavy (non-hydrogen) atoms. The highest BCUT2D eigenvalue weighted by molar-refractivity contribution is 6.42. The first-order valence-corrected chi connectivity index (χ1v) is 7.87. The Morgan fingerprint density at radius 1 is 1.45 bits per heavy atom. The van der Waals surface area contributed by atoms with E-state index in [4.69, 9.17) is 23.2 Å². The summed E-state index contributed by atoms with van der Waals surface area (Å²) in [5, 5.41) is 13.8. The number of allylic oxidation sites excluding steroid dienone is 1. The lowest BCUT2D eigenvalue weighted by Gasteiger charge is -2.26. The second-order valence-corrected chi connectivity index (χ2v) is 6.24. The third kappa shape index (κ3) is 3.27. The van der Waals surface area contributed by atoms with Gasteiger partial charge in [0.25, 0.3) is 0 Å². The molecule has 1 aliphatic heterocycles. The molecule has 1 fully saturated rings. The van der Waals surface area contributed by atoms with Crippen molar-refractivity contribution < 1.29 is 9.50 Å². The molecule has 118 valence electrons. The summed E-state index contributed by atoms with van der Waals surface area (Å²) in [5.74, 6) is -0.330. The maximum atomic E-state index is 14.2. The van der Waals surface area contributed by atoms with Crippen LogP contribution in [0.5, 0.6) is 0 Å². The first-order chi connectivity index (χ1) is 10.5. The van der Waals surface area contributed by atoms with Crippen LogP contribution in [0.4, 0.5) is 4.39 Å². The molecule has 2 N–H and O–H groups in total. The van der Waals surface area contributed by atoms with Gasteiger partial charge < -0.3 is 15.0 Å². The van der Waals surface area contributed by atoms with Gasteiger partial charge in [-0.25, -0.2) is 9.37 Å². The largest absolute Gasteiger partial charge is 0.391 e. The van der Waals surface area contributed by atoms with E-state index in [9.17, 15) is 9.50 Å². The first-order valence-electron chi connectivity index (χ1n) is 7.12. The van der Waals surface area contributed by atoms with Gasteiger partial charge in [-0.15, -0.1) is 0 Å². The highest BCUT2D eigenvalue weighted by atomic mass is 35.5. The van der Waals surface area contributed by atoms with E-state index >= 15 is 0 Å². The lowest BCUT2D eigenvalue weighted by atomic mass is 10.0. The summed E-state index contributed by atoms with van der Waals surface area (Å²) < 4.78 is 15.9. The molecule has 0 aliphatic carbocycles. The van der Waals surface area contributed by atoms with Crippen LogP contribution >= 0.6 is 23.2 Å². The van der Waals surface area contributed by atoms with Crippen LogP contribution in [-0.4, -0.2) is 33.3 Å². The van der Waals surface area contributed by atoms with E-state index < -0.39 is 6.10 Å². The van der Waals surface area contributed by atoms with Crippen molar-refractivity contribution in [2.45, 2.75) is 31.5 Å². The lowest BCUT2D eigenvalue weighted by molar-refractivity contribution is 0.114. The van der Waals surface area contributed by atoms with E-state index in [1.165, 1.54) is 6.08 Å². The topological polar surface area (TPSA) is 50.1 Å². The molecular weight excluding hydrogens is 328 g/mol. The molecule has 0 radical (unpaired) electrons. The minimum atomic E-state index is -0.549. The van der Waals surface area contributed by atoms with Crippen LogP contribution in [0.2, 0.25) is 10.0 Å². The van der Waals surface area contributed by atoms with Crippen molar-refractivity contribution in [1.82, 2.24) is 14.9 Å². The number of aromatic nitrogens is 2. The van der Waals surface area contributed by atoms with Gasteiger partial charge in [0.2, 0.25) is 0 Å². The number of halogens is 3. The number of nitrogens with one attached hydrogen (secondary N) is 1. The van der Waals surface area contributed by atoms with Crippen molar-refractivity contribution in [2.24, 2.45) is 0 Å². The van der Waals surface area contributed by atoms with Crippen LogP contribution in [0.25, 0.3) is 11.0 Å². The van der Waals surface area contributed by atoms with Gasteiger partial charge >= 0.3 is 0 Å². The van der Waals surface area contributed by atoms with Gasteiger partial charge in [-0.2, -0.15) is 0 Å². The van der Waals surface area contributed by atoms with Gasteiger partial charge in [0.05, 0.1) is 46.1 Å². The minimum Gasteiger partial charge on any atom is -0.391 e. The number of fused-ring (bicyclic) bond motifs is 1. The molecule has 0 bridgehead atoms. The Bertz CT molecular complexity index is 716. The molecule has 1 saturated heterocycles. The van der Waals surface area contributed by atoms with Gasteiger partial charge in [0, 0.05) is 0 Å². The number of piperidine rings is 1. The van der Waals surface area contributed by atoms with E-state index in [0.717, 1.165) is 18.5 Å². The number of hydrogen-bond donors (Lipinski definition) is 2. The normalized spacial score (nSPS) is 23.2. The molecule has 2 aromatic rings. The van der Waals surface area contributed by atoms with Gasteiger partial charge in [0.15, 0.2) is 0 Å². The molecule has 0 unspecified atom stereocenters. The summed E-state index contributed by atoms with van der Waals surface area (Å²) in [6.45, 7) is 0.826. The van der Waals surface area contributed by atoms with Crippen LogP contribution < -0.4 is 5.32 Å². The second-order valence-electron chi connectivity index (χ2n) is 5.43. The van der Waals surface area contributed by atoms with Gasteiger partial charge in [-0.1, -0.05) is 23.2 Å². The van der Waals surface area contributed by atoms with Crippen LogP contribution in [0.15, 0.2) is 30.4 Å². The van der Waals surface area contributed by atoms with Crippen molar-refractivity contribution in [2.75, 3.05) is 6.54 Å². The number of rotatable bonds is 3. The Morgan fingerprint density at radius 2 is 2.23 bits per heavy atom. The summed E-state index contributed by atoms with van der Waals surface area (Å²) in [7, 11) is 0. The average Bonchev–Trinajstić information content (AvgIpc) is 2.84. The molecule has 1 aromatic heterocycles. The minimum absolute atomic E-state index is 0.0410. The van der Waals surface area contributed by atoms with Crippen LogP contribution in [0.3, 0.4) is 0 Å². The fraction of sp³-hybridized carbons (Fsp3) is 0.400. The maximum Gasteiger partial charge on any atom is 0.117 e. The maximum absolute atomic E-state index is 14.2. The molecule has 7 heteroatoms. The Labute approximate surface area is 137 Å². The van der Waals surface area contributed by atoms with Gasteiger partial charge in [-0.05, 0) is 37.6 Å². The fourth-order valence-electron chi connectivity index (χ4n) is 2.66. The number of hydrogen-bond acceptors (Lipinski definition) is 3. The van der Waals surface area contributed by atoms with Crippen LogP contribution in [-0.2, 0) is 6.54 Å². The summed E-state index contributed by atoms with van der Waals surface area (Å²) in [4.78, 5) is 4.20. The smallest absolute Gasteiger partial charge is 0.117 e. The molecule has 3 rings (SSSR count). The van der Waals surface area contributed by atoms with Gasteiger partial charge in [-0.3, -0.25) is 0 Å². The highest BCUT2D eigenvalue weighted by Crippen LogP contribution is 2.27. The van der Waals surface area contributed by atoms with E-state index in [0.29, 0.717) is 22.0 Å². The highest BCUT2D eigenvalue weighted by Gasteiger charge is 2.21. The molecule has 0 saturated carbocycles. The second kappa shape index (κ2) is 6.54. The zero-order valence-corrected chi connectivity index (χ0v) is 13.3. The van der Waals surface area contributed by atoms with E-state index in [-0.39, 0.29) is 18.4 Å². The number of benzene rings is 1. The summed E-state index contributed by atoms with van der Waals surface area (Å²) in [5.41, 5.74) is 1.38. The average molecular weight is 344 g/mol. The van der Waals surface area contributed by atoms with Crippen LogP contribution in [0, 0.1) is 0 Å². The zero-order chi connectivity index (χ0) is 15.7. The molecule has 2 heterocycles. The Kier molecular flexibility index (Phi) is 4.68. The lowest BCUT2D eigenvalue weighted by Crippen LogP contribution is -2.43. The van der Waals surface area contributed by atoms with Crippen molar-refractivity contribution in [3.63, 3.8) is 0 Å². The molecule has 1 aliphatic rings. The van der Waals surface area contributed by atoms with Gasteiger partial charge in [0.1, 0.15) is 5.83 Å².